The number of nitrogens with zero attached hydrogens (tertiary/aromatic N) is 2. The van der Waals surface area contributed by atoms with Gasteiger partial charge in [0, 0.05) is 65.2 Å². The first kappa shape index (κ1) is 21.4. The molecule has 2 unspecified atom stereocenters. The molecule has 0 amide bonds. The zero-order valence-corrected chi connectivity index (χ0v) is 16.8. The third kappa shape index (κ3) is 7.78. The highest BCUT2D eigenvalue weighted by atomic mass is 16.5. The van der Waals surface area contributed by atoms with Crippen LogP contribution in [0.4, 0.5) is 0 Å². The third-order valence-corrected chi connectivity index (χ3v) is 5.23. The molecular formula is C19H38N4O3. The number of guanidine groups is 1. The Morgan fingerprint density at radius 1 is 1.23 bits per heavy atom. The van der Waals surface area contributed by atoms with Crippen molar-refractivity contribution in [1.29, 1.82) is 0 Å². The number of morpholine rings is 1. The van der Waals surface area contributed by atoms with Crippen molar-refractivity contribution in [2.45, 2.75) is 45.2 Å². The van der Waals surface area contributed by atoms with Gasteiger partial charge in [0.2, 0.25) is 0 Å². The number of aliphatic imine (C=N–C) groups is 1. The van der Waals surface area contributed by atoms with Crippen molar-refractivity contribution in [3.05, 3.63) is 0 Å². The molecule has 2 saturated heterocycles. The number of hydrogen-bond donors (Lipinski definition) is 2. The normalized spacial score (nSPS) is 24.4. The first-order valence-electron chi connectivity index (χ1n) is 10.1. The second-order valence-electron chi connectivity index (χ2n) is 7.37. The Balaban J connectivity index is 1.51. The first-order valence-corrected chi connectivity index (χ1v) is 10.1. The highest BCUT2D eigenvalue weighted by Gasteiger charge is 2.23. The zero-order valence-electron chi connectivity index (χ0n) is 16.8. The van der Waals surface area contributed by atoms with Crippen molar-refractivity contribution >= 4 is 5.96 Å². The summed E-state index contributed by atoms with van der Waals surface area (Å²) >= 11 is 0. The second kappa shape index (κ2) is 12.5. The van der Waals surface area contributed by atoms with Gasteiger partial charge in [0.1, 0.15) is 0 Å². The van der Waals surface area contributed by atoms with E-state index in [9.17, 15) is 0 Å². The molecule has 0 aromatic rings. The van der Waals surface area contributed by atoms with Crippen LogP contribution in [0.1, 0.15) is 33.1 Å². The summed E-state index contributed by atoms with van der Waals surface area (Å²) < 4.78 is 16.7. The van der Waals surface area contributed by atoms with Crippen LogP contribution < -0.4 is 10.6 Å². The third-order valence-electron chi connectivity index (χ3n) is 5.23. The fraction of sp³-hybridized carbons (Fsp3) is 0.947. The summed E-state index contributed by atoms with van der Waals surface area (Å²) in [5.74, 6) is 1.54. The summed E-state index contributed by atoms with van der Waals surface area (Å²) in [6, 6.07) is 0.929. The summed E-state index contributed by atoms with van der Waals surface area (Å²) in [5, 5.41) is 6.80. The molecule has 0 spiro atoms. The van der Waals surface area contributed by atoms with Gasteiger partial charge in [-0.25, -0.2) is 0 Å². The Labute approximate surface area is 158 Å². The van der Waals surface area contributed by atoms with Crippen molar-refractivity contribution in [1.82, 2.24) is 15.5 Å². The van der Waals surface area contributed by atoms with Crippen LogP contribution in [-0.2, 0) is 14.2 Å². The molecule has 7 heteroatoms. The Kier molecular flexibility index (Phi) is 10.3. The molecule has 0 aliphatic carbocycles. The van der Waals surface area contributed by atoms with Gasteiger partial charge in [0.25, 0.3) is 0 Å². The van der Waals surface area contributed by atoms with Crippen LogP contribution in [0.3, 0.4) is 0 Å². The molecule has 26 heavy (non-hydrogen) atoms. The SMILES string of the molecule is CN=C(NCCCOCC1CCOCC1)NCC(C)N1CCOCC1C. The molecule has 2 N–H and O–H groups in total. The summed E-state index contributed by atoms with van der Waals surface area (Å²) in [5.41, 5.74) is 0. The van der Waals surface area contributed by atoms with Gasteiger partial charge in [0.15, 0.2) is 5.96 Å². The van der Waals surface area contributed by atoms with Crippen molar-refractivity contribution in [2.75, 3.05) is 66.3 Å². The van der Waals surface area contributed by atoms with Crippen LogP contribution >= 0.6 is 0 Å². The van der Waals surface area contributed by atoms with Crippen LogP contribution in [0.5, 0.6) is 0 Å². The van der Waals surface area contributed by atoms with Gasteiger partial charge in [0.05, 0.1) is 13.2 Å². The predicted molar refractivity (Wildman–Crippen MR) is 105 cm³/mol. The molecule has 152 valence electrons. The molecule has 2 aliphatic rings. The maximum Gasteiger partial charge on any atom is 0.191 e. The first-order chi connectivity index (χ1) is 12.7. The lowest BCUT2D eigenvalue weighted by Gasteiger charge is -2.38. The molecular weight excluding hydrogens is 332 g/mol. The number of rotatable bonds is 9. The average Bonchev–Trinajstić information content (AvgIpc) is 2.67. The average molecular weight is 371 g/mol. The van der Waals surface area contributed by atoms with E-state index >= 15 is 0 Å². The highest BCUT2D eigenvalue weighted by Crippen LogP contribution is 2.14. The molecule has 0 bridgehead atoms. The maximum absolute atomic E-state index is 5.80. The monoisotopic (exact) mass is 370 g/mol. The Hall–Kier alpha value is -0.890. The second-order valence-corrected chi connectivity index (χ2v) is 7.37. The quantitative estimate of drug-likeness (QED) is 0.360. The Morgan fingerprint density at radius 3 is 2.77 bits per heavy atom. The Morgan fingerprint density at radius 2 is 2.04 bits per heavy atom. The van der Waals surface area contributed by atoms with Gasteiger partial charge in [-0.3, -0.25) is 9.89 Å². The minimum atomic E-state index is 0.454. The van der Waals surface area contributed by atoms with Crippen LogP contribution in [0.25, 0.3) is 0 Å². The van der Waals surface area contributed by atoms with E-state index in [1.165, 1.54) is 0 Å². The molecule has 0 aromatic carbocycles. The summed E-state index contributed by atoms with van der Waals surface area (Å²) in [6.45, 7) is 12.3. The standard InChI is InChI=1S/C19H38N4O3/c1-16(23-8-12-26-14-17(23)2)13-22-19(20-3)21-7-4-9-25-15-18-5-10-24-11-6-18/h16-18H,4-15H2,1-3H3,(H2,20,21,22). The summed E-state index contributed by atoms with van der Waals surface area (Å²) in [6.07, 6.45) is 3.25. The van der Waals surface area contributed by atoms with Gasteiger partial charge in [-0.2, -0.15) is 0 Å². The van der Waals surface area contributed by atoms with Crippen LogP contribution in [-0.4, -0.2) is 89.3 Å². The van der Waals surface area contributed by atoms with E-state index in [4.69, 9.17) is 14.2 Å². The van der Waals surface area contributed by atoms with Crippen LogP contribution in [0.2, 0.25) is 0 Å². The molecule has 2 atom stereocenters. The van der Waals surface area contributed by atoms with Gasteiger partial charge in [-0.1, -0.05) is 0 Å². The van der Waals surface area contributed by atoms with Gasteiger partial charge < -0.3 is 24.8 Å². The van der Waals surface area contributed by atoms with E-state index in [2.05, 4.69) is 34.4 Å². The number of hydrogen-bond acceptors (Lipinski definition) is 5. The lowest BCUT2D eigenvalue weighted by Crippen LogP contribution is -2.53. The Bertz CT molecular complexity index is 402. The minimum Gasteiger partial charge on any atom is -0.381 e. The van der Waals surface area contributed by atoms with Gasteiger partial charge in [-0.05, 0) is 39.0 Å². The zero-order chi connectivity index (χ0) is 18.6. The van der Waals surface area contributed by atoms with Crippen molar-refractivity contribution in [2.24, 2.45) is 10.9 Å². The minimum absolute atomic E-state index is 0.454. The molecule has 7 nitrogen and oxygen atoms in total. The van der Waals surface area contributed by atoms with Crippen LogP contribution in [0.15, 0.2) is 4.99 Å². The maximum atomic E-state index is 5.80. The predicted octanol–water partition coefficient (Wildman–Crippen LogP) is 1.09. The summed E-state index contributed by atoms with van der Waals surface area (Å²) in [7, 11) is 1.82. The molecule has 0 radical (unpaired) electrons. The van der Waals surface area contributed by atoms with E-state index < -0.39 is 0 Å². The van der Waals surface area contributed by atoms with E-state index in [1.54, 1.807) is 0 Å². The van der Waals surface area contributed by atoms with E-state index in [0.29, 0.717) is 18.0 Å². The molecule has 0 aromatic heterocycles. The van der Waals surface area contributed by atoms with Crippen LogP contribution in [0, 0.1) is 5.92 Å². The van der Waals surface area contributed by atoms with Gasteiger partial charge >= 0.3 is 0 Å². The number of ether oxygens (including phenoxy) is 3. The van der Waals surface area contributed by atoms with Gasteiger partial charge in [-0.15, -0.1) is 0 Å². The largest absolute Gasteiger partial charge is 0.381 e. The molecule has 2 aliphatic heterocycles. The number of nitrogens with one attached hydrogen (secondary N) is 2. The smallest absolute Gasteiger partial charge is 0.191 e. The lowest BCUT2D eigenvalue weighted by molar-refractivity contribution is -0.0174. The van der Waals surface area contributed by atoms with E-state index in [-0.39, 0.29) is 0 Å². The van der Waals surface area contributed by atoms with Crippen molar-refractivity contribution in [3.8, 4) is 0 Å². The molecule has 2 fully saturated rings. The summed E-state index contributed by atoms with van der Waals surface area (Å²) in [4.78, 5) is 6.81. The fourth-order valence-corrected chi connectivity index (χ4v) is 3.52. The molecule has 2 heterocycles. The highest BCUT2D eigenvalue weighted by molar-refractivity contribution is 5.79. The van der Waals surface area contributed by atoms with E-state index in [1.807, 2.05) is 7.05 Å². The lowest BCUT2D eigenvalue weighted by atomic mass is 10.0. The fourth-order valence-electron chi connectivity index (χ4n) is 3.52. The van der Waals surface area contributed by atoms with Crippen molar-refractivity contribution < 1.29 is 14.2 Å². The molecule has 2 rings (SSSR count). The molecule has 0 saturated carbocycles. The van der Waals surface area contributed by atoms with Crippen molar-refractivity contribution in [3.63, 3.8) is 0 Å². The topological polar surface area (TPSA) is 67.4 Å². The van der Waals surface area contributed by atoms with E-state index in [0.717, 1.165) is 84.5 Å².